The maximum absolute atomic E-state index is 10.5. The molecule has 0 aromatic heterocycles. The molecule has 1 aliphatic rings. The summed E-state index contributed by atoms with van der Waals surface area (Å²) in [7, 11) is 0. The van der Waals surface area contributed by atoms with Crippen molar-refractivity contribution in [3.63, 3.8) is 0 Å². The van der Waals surface area contributed by atoms with Gasteiger partial charge in [0.2, 0.25) is 0 Å². The summed E-state index contributed by atoms with van der Waals surface area (Å²) in [5.41, 5.74) is 1.30. The highest BCUT2D eigenvalue weighted by Gasteiger charge is 2.23. The molecule has 1 N–H and O–H groups in total. The van der Waals surface area contributed by atoms with Crippen LogP contribution < -0.4 is 0 Å². The Labute approximate surface area is 106 Å². The molecule has 4 heteroatoms. The highest BCUT2D eigenvalue weighted by molar-refractivity contribution is 6.30. The smallest absolute Gasteiger partial charge is 0.304 e. The molecule has 2 rings (SSSR count). The second kappa shape index (κ2) is 5.52. The molecule has 0 spiro atoms. The van der Waals surface area contributed by atoms with Crippen LogP contribution in [0.25, 0.3) is 0 Å². The number of aliphatic carboxylic acids is 1. The average molecular weight is 254 g/mol. The zero-order valence-corrected chi connectivity index (χ0v) is 10.4. The number of carboxylic acids is 1. The molecule has 92 valence electrons. The predicted molar refractivity (Wildman–Crippen MR) is 67.5 cm³/mol. The first-order valence-corrected chi connectivity index (χ1v) is 6.22. The molecule has 0 bridgehead atoms. The standard InChI is InChI=1S/C13H16ClNO2/c14-12-3-1-10(2-4-12)11-5-7-15(9-11)8-6-13(16)17/h1-4,11H,5-9H2,(H,16,17)/t11-/m0/s1. The van der Waals surface area contributed by atoms with Crippen molar-refractivity contribution in [2.45, 2.75) is 18.8 Å². The van der Waals surface area contributed by atoms with Crippen LogP contribution in [-0.2, 0) is 4.79 Å². The molecule has 1 aliphatic heterocycles. The second-order valence-corrected chi connectivity index (χ2v) is 4.92. The molecule has 1 heterocycles. The first kappa shape index (κ1) is 12.4. The van der Waals surface area contributed by atoms with Crippen LogP contribution in [0.4, 0.5) is 0 Å². The monoisotopic (exact) mass is 253 g/mol. The van der Waals surface area contributed by atoms with Crippen LogP contribution in [0, 0.1) is 0 Å². The number of likely N-dealkylation sites (tertiary alicyclic amines) is 1. The van der Waals surface area contributed by atoms with Gasteiger partial charge < -0.3 is 10.0 Å². The predicted octanol–water partition coefficient (Wildman–Crippen LogP) is 2.60. The van der Waals surface area contributed by atoms with Gasteiger partial charge in [-0.15, -0.1) is 0 Å². The van der Waals surface area contributed by atoms with Crippen molar-refractivity contribution >= 4 is 17.6 Å². The fraction of sp³-hybridized carbons (Fsp3) is 0.462. The van der Waals surface area contributed by atoms with E-state index in [1.165, 1.54) is 5.56 Å². The van der Waals surface area contributed by atoms with Gasteiger partial charge in [-0.3, -0.25) is 4.79 Å². The number of hydrogen-bond acceptors (Lipinski definition) is 2. The molecule has 1 saturated heterocycles. The van der Waals surface area contributed by atoms with Crippen LogP contribution in [0.3, 0.4) is 0 Å². The van der Waals surface area contributed by atoms with E-state index in [1.807, 2.05) is 12.1 Å². The minimum Gasteiger partial charge on any atom is -0.481 e. The van der Waals surface area contributed by atoms with Gasteiger partial charge in [0, 0.05) is 18.1 Å². The van der Waals surface area contributed by atoms with Gasteiger partial charge in [-0.05, 0) is 36.6 Å². The molecule has 3 nitrogen and oxygen atoms in total. The van der Waals surface area contributed by atoms with Crippen molar-refractivity contribution in [3.05, 3.63) is 34.9 Å². The molecule has 0 saturated carbocycles. The van der Waals surface area contributed by atoms with Crippen LogP contribution in [0.2, 0.25) is 5.02 Å². The molecular formula is C13H16ClNO2. The minimum absolute atomic E-state index is 0.230. The van der Waals surface area contributed by atoms with E-state index < -0.39 is 5.97 Å². The van der Waals surface area contributed by atoms with Crippen LogP contribution in [-0.4, -0.2) is 35.6 Å². The SMILES string of the molecule is O=C(O)CCN1CC[C@H](c2ccc(Cl)cc2)C1. The molecule has 0 unspecified atom stereocenters. The van der Waals surface area contributed by atoms with Crippen LogP contribution in [0.5, 0.6) is 0 Å². The molecule has 1 aromatic carbocycles. The zero-order chi connectivity index (χ0) is 12.3. The van der Waals surface area contributed by atoms with Gasteiger partial charge >= 0.3 is 5.97 Å². The van der Waals surface area contributed by atoms with Crippen molar-refractivity contribution in [1.29, 1.82) is 0 Å². The number of carboxylic acid groups (broad SMARTS) is 1. The summed E-state index contributed by atoms with van der Waals surface area (Å²) in [5.74, 6) is -0.207. The largest absolute Gasteiger partial charge is 0.481 e. The van der Waals surface area contributed by atoms with E-state index in [2.05, 4.69) is 17.0 Å². The number of hydrogen-bond donors (Lipinski definition) is 1. The van der Waals surface area contributed by atoms with Gasteiger partial charge in [-0.1, -0.05) is 23.7 Å². The maximum Gasteiger partial charge on any atom is 0.304 e. The van der Waals surface area contributed by atoms with Crippen molar-refractivity contribution < 1.29 is 9.90 Å². The summed E-state index contributed by atoms with van der Waals surface area (Å²) in [6.45, 7) is 2.59. The Hall–Kier alpha value is -1.06. The van der Waals surface area contributed by atoms with E-state index in [9.17, 15) is 4.79 Å². The van der Waals surface area contributed by atoms with E-state index in [-0.39, 0.29) is 6.42 Å². The summed E-state index contributed by atoms with van der Waals surface area (Å²) in [6.07, 6.45) is 1.33. The first-order valence-electron chi connectivity index (χ1n) is 5.85. The lowest BCUT2D eigenvalue weighted by Gasteiger charge is -2.14. The Morgan fingerprint density at radius 3 is 2.76 bits per heavy atom. The van der Waals surface area contributed by atoms with Gasteiger partial charge in [0.1, 0.15) is 0 Å². The Kier molecular flexibility index (Phi) is 4.02. The van der Waals surface area contributed by atoms with E-state index in [1.54, 1.807) is 0 Å². The summed E-state index contributed by atoms with van der Waals surface area (Å²) >= 11 is 5.86. The van der Waals surface area contributed by atoms with Crippen LogP contribution in [0.15, 0.2) is 24.3 Å². The highest BCUT2D eigenvalue weighted by atomic mass is 35.5. The fourth-order valence-corrected chi connectivity index (χ4v) is 2.42. The average Bonchev–Trinajstić information content (AvgIpc) is 2.76. The van der Waals surface area contributed by atoms with Gasteiger partial charge in [-0.25, -0.2) is 0 Å². The van der Waals surface area contributed by atoms with E-state index in [0.29, 0.717) is 12.5 Å². The Morgan fingerprint density at radius 2 is 2.12 bits per heavy atom. The lowest BCUT2D eigenvalue weighted by Crippen LogP contribution is -2.23. The van der Waals surface area contributed by atoms with Crippen LogP contribution in [0.1, 0.15) is 24.3 Å². The zero-order valence-electron chi connectivity index (χ0n) is 9.60. The highest BCUT2D eigenvalue weighted by Crippen LogP contribution is 2.27. The Bertz CT molecular complexity index is 391. The van der Waals surface area contributed by atoms with Crippen molar-refractivity contribution in [3.8, 4) is 0 Å². The number of nitrogens with zero attached hydrogens (tertiary/aromatic N) is 1. The van der Waals surface area contributed by atoms with E-state index in [0.717, 1.165) is 24.5 Å². The van der Waals surface area contributed by atoms with Crippen molar-refractivity contribution in [2.75, 3.05) is 19.6 Å². The van der Waals surface area contributed by atoms with Crippen LogP contribution >= 0.6 is 11.6 Å². The summed E-state index contributed by atoms with van der Waals surface area (Å²) in [4.78, 5) is 12.7. The third-order valence-electron chi connectivity index (χ3n) is 3.26. The number of benzene rings is 1. The summed E-state index contributed by atoms with van der Waals surface area (Å²) in [6, 6.07) is 7.95. The molecule has 1 fully saturated rings. The molecule has 0 aliphatic carbocycles. The normalized spacial score (nSPS) is 20.6. The molecular weight excluding hydrogens is 238 g/mol. The Balaban J connectivity index is 1.89. The first-order chi connectivity index (χ1) is 8.15. The quantitative estimate of drug-likeness (QED) is 0.897. The third-order valence-corrected chi connectivity index (χ3v) is 3.51. The summed E-state index contributed by atoms with van der Waals surface area (Å²) < 4.78 is 0. The maximum atomic E-state index is 10.5. The fourth-order valence-electron chi connectivity index (χ4n) is 2.30. The van der Waals surface area contributed by atoms with E-state index >= 15 is 0 Å². The van der Waals surface area contributed by atoms with Gasteiger partial charge in [0.05, 0.1) is 6.42 Å². The molecule has 1 atom stereocenters. The van der Waals surface area contributed by atoms with Gasteiger partial charge in [-0.2, -0.15) is 0 Å². The second-order valence-electron chi connectivity index (χ2n) is 4.48. The van der Waals surface area contributed by atoms with Crippen molar-refractivity contribution in [1.82, 2.24) is 4.90 Å². The molecule has 17 heavy (non-hydrogen) atoms. The van der Waals surface area contributed by atoms with E-state index in [4.69, 9.17) is 16.7 Å². The van der Waals surface area contributed by atoms with Gasteiger partial charge in [0.25, 0.3) is 0 Å². The molecule has 0 amide bonds. The third kappa shape index (κ3) is 3.45. The molecule has 1 aromatic rings. The number of carbonyl (C=O) groups is 1. The number of halogens is 1. The van der Waals surface area contributed by atoms with Gasteiger partial charge in [0.15, 0.2) is 0 Å². The lowest BCUT2D eigenvalue weighted by atomic mass is 9.99. The number of rotatable bonds is 4. The summed E-state index contributed by atoms with van der Waals surface area (Å²) in [5, 5.41) is 9.40. The topological polar surface area (TPSA) is 40.5 Å². The molecule has 0 radical (unpaired) electrons. The minimum atomic E-state index is -0.722. The lowest BCUT2D eigenvalue weighted by molar-refractivity contribution is -0.137. The van der Waals surface area contributed by atoms with Crippen molar-refractivity contribution in [2.24, 2.45) is 0 Å². The Morgan fingerprint density at radius 1 is 1.41 bits per heavy atom.